The average Bonchev–Trinajstić information content (AvgIpc) is 2.85. The van der Waals surface area contributed by atoms with Gasteiger partial charge in [0.1, 0.15) is 0 Å². The van der Waals surface area contributed by atoms with Crippen LogP contribution in [0, 0.1) is 0 Å². The molecule has 0 saturated carbocycles. The molecule has 1 aromatic heterocycles. The highest BCUT2D eigenvalue weighted by atomic mass is 32.2. The number of rotatable bonds is 5. The molecule has 4 aromatic rings. The van der Waals surface area contributed by atoms with Crippen LogP contribution in [0.1, 0.15) is 0 Å². The standard InChI is InChI=1S/C25H24N4O4S/c1-34(31,32)27-22-12-11-19(28-13-15-33-16-14-28)17-23(22)29-25(30)21-10-6-5-9-20(21)24(26-29)18-7-3-2-4-8-18/h2-12,17,27H,13-16H2,1H3. The molecule has 0 spiro atoms. The zero-order chi connectivity index (χ0) is 23.7. The van der Waals surface area contributed by atoms with Gasteiger partial charge in [-0.25, -0.2) is 8.42 Å². The van der Waals surface area contributed by atoms with E-state index in [0.29, 0.717) is 43.1 Å². The van der Waals surface area contributed by atoms with Crippen LogP contribution in [-0.4, -0.2) is 50.8 Å². The number of benzene rings is 3. The number of fused-ring (bicyclic) bond motifs is 1. The Morgan fingerprint density at radius 2 is 1.59 bits per heavy atom. The van der Waals surface area contributed by atoms with Gasteiger partial charge in [0.25, 0.3) is 5.56 Å². The molecule has 9 heteroatoms. The second kappa shape index (κ2) is 8.92. The molecule has 174 valence electrons. The van der Waals surface area contributed by atoms with Gasteiger partial charge in [0.05, 0.1) is 41.9 Å². The highest BCUT2D eigenvalue weighted by Crippen LogP contribution is 2.30. The number of nitrogens with one attached hydrogen (secondary N) is 1. The predicted molar refractivity (Wildman–Crippen MR) is 134 cm³/mol. The van der Waals surface area contributed by atoms with Gasteiger partial charge in [-0.1, -0.05) is 48.5 Å². The van der Waals surface area contributed by atoms with E-state index in [1.165, 1.54) is 4.68 Å². The van der Waals surface area contributed by atoms with Crippen molar-refractivity contribution < 1.29 is 13.2 Å². The van der Waals surface area contributed by atoms with Crippen molar-refractivity contribution in [3.05, 3.63) is 83.2 Å². The summed E-state index contributed by atoms with van der Waals surface area (Å²) < 4.78 is 33.5. The maximum absolute atomic E-state index is 13.6. The van der Waals surface area contributed by atoms with Crippen LogP contribution in [0.25, 0.3) is 27.7 Å². The summed E-state index contributed by atoms with van der Waals surface area (Å²) in [4.78, 5) is 15.7. The zero-order valence-electron chi connectivity index (χ0n) is 18.6. The number of anilines is 2. The Labute approximate surface area is 197 Å². The van der Waals surface area contributed by atoms with Crippen LogP contribution in [0.15, 0.2) is 77.6 Å². The number of hydrogen-bond donors (Lipinski definition) is 1. The van der Waals surface area contributed by atoms with Crippen LogP contribution >= 0.6 is 0 Å². The molecular formula is C25H24N4O4S. The maximum atomic E-state index is 13.6. The van der Waals surface area contributed by atoms with Gasteiger partial charge in [-0.3, -0.25) is 9.52 Å². The molecule has 1 aliphatic rings. The molecule has 0 atom stereocenters. The molecule has 0 radical (unpaired) electrons. The van der Waals surface area contributed by atoms with Gasteiger partial charge in [-0.2, -0.15) is 9.78 Å². The van der Waals surface area contributed by atoms with Crippen molar-refractivity contribution in [2.24, 2.45) is 0 Å². The van der Waals surface area contributed by atoms with E-state index in [0.717, 1.165) is 22.9 Å². The molecular weight excluding hydrogens is 452 g/mol. The van der Waals surface area contributed by atoms with Crippen molar-refractivity contribution in [1.82, 2.24) is 9.78 Å². The Morgan fingerprint density at radius 1 is 0.912 bits per heavy atom. The Balaban J connectivity index is 1.78. The first-order valence-corrected chi connectivity index (χ1v) is 12.8. The van der Waals surface area contributed by atoms with Crippen molar-refractivity contribution in [2.45, 2.75) is 0 Å². The summed E-state index contributed by atoms with van der Waals surface area (Å²) in [5.74, 6) is 0. The van der Waals surface area contributed by atoms with Gasteiger partial charge in [0.2, 0.25) is 10.0 Å². The molecule has 1 N–H and O–H groups in total. The summed E-state index contributed by atoms with van der Waals surface area (Å²) in [5.41, 5.74) is 2.67. The van der Waals surface area contributed by atoms with E-state index in [2.05, 4.69) is 9.62 Å². The largest absolute Gasteiger partial charge is 0.378 e. The third-order valence-electron chi connectivity index (χ3n) is 5.73. The van der Waals surface area contributed by atoms with E-state index in [-0.39, 0.29) is 11.2 Å². The molecule has 34 heavy (non-hydrogen) atoms. The van der Waals surface area contributed by atoms with E-state index >= 15 is 0 Å². The quantitative estimate of drug-likeness (QED) is 0.475. The number of hydrogen-bond acceptors (Lipinski definition) is 6. The molecule has 1 fully saturated rings. The SMILES string of the molecule is CS(=O)(=O)Nc1ccc(N2CCOCC2)cc1-n1nc(-c2ccccc2)c2ccccc2c1=O. The number of ether oxygens (including phenoxy) is 1. The highest BCUT2D eigenvalue weighted by molar-refractivity contribution is 7.92. The predicted octanol–water partition coefficient (Wildman–Crippen LogP) is 3.26. The van der Waals surface area contributed by atoms with Gasteiger partial charge in [0, 0.05) is 29.7 Å². The van der Waals surface area contributed by atoms with Crippen LogP contribution in [0.4, 0.5) is 11.4 Å². The van der Waals surface area contributed by atoms with Gasteiger partial charge in [0.15, 0.2) is 0 Å². The molecule has 1 saturated heterocycles. The molecule has 0 unspecified atom stereocenters. The summed E-state index contributed by atoms with van der Waals surface area (Å²) in [5, 5.41) is 5.98. The lowest BCUT2D eigenvalue weighted by molar-refractivity contribution is 0.122. The van der Waals surface area contributed by atoms with Crippen molar-refractivity contribution >= 4 is 32.2 Å². The normalized spacial score (nSPS) is 14.3. The molecule has 0 aliphatic carbocycles. The third kappa shape index (κ3) is 4.40. The van der Waals surface area contributed by atoms with Crippen molar-refractivity contribution in [1.29, 1.82) is 0 Å². The number of sulfonamides is 1. The third-order valence-corrected chi connectivity index (χ3v) is 6.32. The second-order valence-corrected chi connectivity index (χ2v) is 9.90. The summed E-state index contributed by atoms with van der Waals surface area (Å²) in [7, 11) is -3.59. The summed E-state index contributed by atoms with van der Waals surface area (Å²) in [6.45, 7) is 2.61. The fourth-order valence-corrected chi connectivity index (χ4v) is 4.73. The molecule has 1 aliphatic heterocycles. The van der Waals surface area contributed by atoms with Crippen molar-refractivity contribution in [2.75, 3.05) is 42.2 Å². The fraction of sp³-hybridized carbons (Fsp3) is 0.200. The minimum Gasteiger partial charge on any atom is -0.378 e. The number of nitrogens with zero attached hydrogens (tertiary/aromatic N) is 3. The van der Waals surface area contributed by atoms with Crippen LogP contribution in [0.3, 0.4) is 0 Å². The van der Waals surface area contributed by atoms with Crippen molar-refractivity contribution in [3.63, 3.8) is 0 Å². The second-order valence-electron chi connectivity index (χ2n) is 8.15. The fourth-order valence-electron chi connectivity index (χ4n) is 4.16. The van der Waals surface area contributed by atoms with Gasteiger partial charge < -0.3 is 9.64 Å². The highest BCUT2D eigenvalue weighted by Gasteiger charge is 2.19. The van der Waals surface area contributed by atoms with Gasteiger partial charge in [-0.05, 0) is 24.3 Å². The van der Waals surface area contributed by atoms with E-state index < -0.39 is 10.0 Å². The molecule has 0 amide bonds. The summed E-state index contributed by atoms with van der Waals surface area (Å²) >= 11 is 0. The van der Waals surface area contributed by atoms with Gasteiger partial charge in [-0.15, -0.1) is 0 Å². The molecule has 5 rings (SSSR count). The Kier molecular flexibility index (Phi) is 5.80. The monoisotopic (exact) mass is 476 g/mol. The smallest absolute Gasteiger partial charge is 0.279 e. The minimum absolute atomic E-state index is 0.281. The Morgan fingerprint density at radius 3 is 2.29 bits per heavy atom. The van der Waals surface area contributed by atoms with E-state index in [4.69, 9.17) is 9.84 Å². The zero-order valence-corrected chi connectivity index (χ0v) is 19.5. The molecule has 3 aromatic carbocycles. The van der Waals surface area contributed by atoms with Crippen LogP contribution in [0.5, 0.6) is 0 Å². The van der Waals surface area contributed by atoms with Crippen molar-refractivity contribution in [3.8, 4) is 16.9 Å². The lowest BCUT2D eigenvalue weighted by atomic mass is 10.1. The van der Waals surface area contributed by atoms with E-state index in [9.17, 15) is 13.2 Å². The topological polar surface area (TPSA) is 93.5 Å². The minimum atomic E-state index is -3.59. The first-order valence-electron chi connectivity index (χ1n) is 10.9. The van der Waals surface area contributed by atoms with Crippen LogP contribution in [-0.2, 0) is 14.8 Å². The Bertz CT molecular complexity index is 1510. The first-order chi connectivity index (χ1) is 16.4. The van der Waals surface area contributed by atoms with Crippen LogP contribution in [0.2, 0.25) is 0 Å². The number of morpholine rings is 1. The van der Waals surface area contributed by atoms with Crippen LogP contribution < -0.4 is 15.2 Å². The van der Waals surface area contributed by atoms with E-state index in [1.807, 2.05) is 54.6 Å². The van der Waals surface area contributed by atoms with Gasteiger partial charge >= 0.3 is 0 Å². The maximum Gasteiger partial charge on any atom is 0.279 e. The average molecular weight is 477 g/mol. The molecule has 8 nitrogen and oxygen atoms in total. The molecule has 2 heterocycles. The first kappa shape index (κ1) is 22.1. The van der Waals surface area contributed by atoms with E-state index in [1.54, 1.807) is 18.2 Å². The summed E-state index contributed by atoms with van der Waals surface area (Å²) in [6, 6.07) is 22.2. The molecule has 0 bridgehead atoms. The Hall–Kier alpha value is -3.69. The number of aromatic nitrogens is 2. The lowest BCUT2D eigenvalue weighted by Gasteiger charge is -2.29. The summed E-state index contributed by atoms with van der Waals surface area (Å²) in [6.07, 6.45) is 1.08. The lowest BCUT2D eigenvalue weighted by Crippen LogP contribution is -2.36.